The van der Waals surface area contributed by atoms with Crippen LogP contribution in [0.3, 0.4) is 0 Å². The molecule has 1 aliphatic carbocycles. The van der Waals surface area contributed by atoms with Crippen molar-refractivity contribution < 1.29 is 14.3 Å². The number of hydrogen-bond donors (Lipinski definition) is 2. The second-order valence-corrected chi connectivity index (χ2v) is 5.01. The van der Waals surface area contributed by atoms with Gasteiger partial charge in [0.15, 0.2) is 0 Å². The Balaban J connectivity index is 2.05. The van der Waals surface area contributed by atoms with E-state index in [2.05, 4.69) is 21.2 Å². The molecule has 1 aromatic carbocycles. The molecule has 0 atom stereocenters. The fraction of sp³-hybridized carbons (Fsp3) is 0.417. The monoisotopic (exact) mass is 301 g/mol. The molecule has 0 heterocycles. The molecule has 1 aliphatic rings. The molecule has 2 rings (SSSR count). The summed E-state index contributed by atoms with van der Waals surface area (Å²) in [6.45, 7) is 0.505. The molecule has 0 unspecified atom stereocenters. The maximum Gasteiger partial charge on any atom is 0.258 e. The Kier molecular flexibility index (Phi) is 3.38. The van der Waals surface area contributed by atoms with E-state index in [4.69, 9.17) is 0 Å². The maximum absolute atomic E-state index is 13.4. The normalized spacial score (nSPS) is 16.6. The minimum absolute atomic E-state index is 0.122. The van der Waals surface area contributed by atoms with Crippen LogP contribution in [0.4, 0.5) is 4.39 Å². The van der Waals surface area contributed by atoms with Crippen molar-refractivity contribution in [2.24, 2.45) is 5.41 Å². The smallest absolute Gasteiger partial charge is 0.258 e. The highest BCUT2D eigenvalue weighted by Gasteiger charge is 2.41. The van der Waals surface area contributed by atoms with Gasteiger partial charge in [-0.3, -0.25) is 4.79 Å². The van der Waals surface area contributed by atoms with E-state index in [1.165, 1.54) is 12.1 Å². The van der Waals surface area contributed by atoms with Crippen LogP contribution in [0.1, 0.15) is 23.2 Å². The van der Waals surface area contributed by atoms with Crippen LogP contribution < -0.4 is 5.32 Å². The minimum atomic E-state index is -0.703. The van der Waals surface area contributed by atoms with Crippen molar-refractivity contribution >= 4 is 21.8 Å². The maximum atomic E-state index is 13.4. The molecule has 0 radical (unpaired) electrons. The number of nitrogens with one attached hydrogen (secondary N) is 1. The molecule has 3 nitrogen and oxygen atoms in total. The quantitative estimate of drug-likeness (QED) is 0.839. The number of benzene rings is 1. The van der Waals surface area contributed by atoms with E-state index < -0.39 is 11.7 Å². The van der Waals surface area contributed by atoms with Gasteiger partial charge >= 0.3 is 0 Å². The number of amides is 1. The Hall–Kier alpha value is -1.10. The van der Waals surface area contributed by atoms with Gasteiger partial charge in [0.05, 0.1) is 0 Å². The van der Waals surface area contributed by atoms with Crippen LogP contribution in [0.5, 0.6) is 5.75 Å². The molecule has 1 saturated carbocycles. The van der Waals surface area contributed by atoms with Gasteiger partial charge in [-0.15, -0.1) is 0 Å². The van der Waals surface area contributed by atoms with Gasteiger partial charge in [-0.2, -0.15) is 0 Å². The third-order valence-corrected chi connectivity index (χ3v) is 4.27. The van der Waals surface area contributed by atoms with Gasteiger partial charge < -0.3 is 10.4 Å². The van der Waals surface area contributed by atoms with Crippen LogP contribution >= 0.6 is 15.9 Å². The predicted octanol–water partition coefficient (Wildman–Crippen LogP) is 2.44. The van der Waals surface area contributed by atoms with Gasteiger partial charge in [-0.25, -0.2) is 4.39 Å². The molecule has 17 heavy (non-hydrogen) atoms. The van der Waals surface area contributed by atoms with Crippen LogP contribution in [0.25, 0.3) is 0 Å². The highest BCUT2D eigenvalue weighted by molar-refractivity contribution is 9.09. The second-order valence-electron chi connectivity index (χ2n) is 4.45. The zero-order chi connectivity index (χ0) is 12.5. The first-order valence-electron chi connectivity index (χ1n) is 5.40. The molecule has 92 valence electrons. The molecule has 1 amide bonds. The first kappa shape index (κ1) is 12.4. The van der Waals surface area contributed by atoms with E-state index in [0.29, 0.717) is 6.54 Å². The lowest BCUT2D eigenvalue weighted by Gasteiger charge is -2.13. The van der Waals surface area contributed by atoms with Crippen molar-refractivity contribution in [1.82, 2.24) is 5.32 Å². The summed E-state index contributed by atoms with van der Waals surface area (Å²) in [4.78, 5) is 11.8. The summed E-state index contributed by atoms with van der Waals surface area (Å²) >= 11 is 3.39. The summed E-state index contributed by atoms with van der Waals surface area (Å²) in [7, 11) is 0. The van der Waals surface area contributed by atoms with Crippen molar-refractivity contribution in [3.63, 3.8) is 0 Å². The van der Waals surface area contributed by atoms with Crippen molar-refractivity contribution in [2.45, 2.75) is 12.8 Å². The third kappa shape index (κ3) is 2.60. The summed E-state index contributed by atoms with van der Waals surface area (Å²) in [5.74, 6) is -1.59. The van der Waals surface area contributed by atoms with E-state index in [-0.39, 0.29) is 16.7 Å². The van der Waals surface area contributed by atoms with Crippen molar-refractivity contribution in [3.8, 4) is 5.75 Å². The number of hydrogen-bond acceptors (Lipinski definition) is 2. The van der Waals surface area contributed by atoms with Gasteiger partial charge in [0.2, 0.25) is 0 Å². The lowest BCUT2D eigenvalue weighted by molar-refractivity contribution is 0.0939. The minimum Gasteiger partial charge on any atom is -0.507 e. The first-order chi connectivity index (χ1) is 8.08. The zero-order valence-electron chi connectivity index (χ0n) is 9.17. The standard InChI is InChI=1S/C12H13BrFNO2/c13-6-12(4-5-12)7-15-11(17)10-8(14)2-1-3-9(10)16/h1-3,16H,4-7H2,(H,15,17). The van der Waals surface area contributed by atoms with Gasteiger partial charge in [-0.1, -0.05) is 22.0 Å². The van der Waals surface area contributed by atoms with Crippen molar-refractivity contribution in [1.29, 1.82) is 0 Å². The van der Waals surface area contributed by atoms with Crippen molar-refractivity contribution in [2.75, 3.05) is 11.9 Å². The first-order valence-corrected chi connectivity index (χ1v) is 6.52. The summed E-state index contributed by atoms with van der Waals surface area (Å²) in [6.07, 6.45) is 2.11. The van der Waals surface area contributed by atoms with Crippen LogP contribution in [0, 0.1) is 11.2 Å². The molecule has 0 bridgehead atoms. The molecular formula is C12H13BrFNO2. The van der Waals surface area contributed by atoms with E-state index in [9.17, 15) is 14.3 Å². The molecule has 1 aromatic rings. The number of alkyl halides is 1. The average molecular weight is 302 g/mol. The van der Waals surface area contributed by atoms with Crippen LogP contribution in [0.2, 0.25) is 0 Å². The van der Waals surface area contributed by atoms with E-state index >= 15 is 0 Å². The largest absolute Gasteiger partial charge is 0.507 e. The SMILES string of the molecule is O=C(NCC1(CBr)CC1)c1c(O)cccc1F. The predicted molar refractivity (Wildman–Crippen MR) is 65.9 cm³/mol. The summed E-state index contributed by atoms with van der Waals surface area (Å²) < 4.78 is 13.4. The fourth-order valence-electron chi connectivity index (χ4n) is 1.63. The number of phenols is 1. The molecule has 2 N–H and O–H groups in total. The van der Waals surface area contributed by atoms with Gasteiger partial charge in [0.1, 0.15) is 17.1 Å². The van der Waals surface area contributed by atoms with Crippen LogP contribution in [0.15, 0.2) is 18.2 Å². The Morgan fingerprint density at radius 2 is 2.24 bits per heavy atom. The van der Waals surface area contributed by atoms with Gasteiger partial charge in [0, 0.05) is 11.9 Å². The molecule has 5 heteroatoms. The van der Waals surface area contributed by atoms with Crippen LogP contribution in [-0.4, -0.2) is 22.9 Å². The van der Waals surface area contributed by atoms with Crippen LogP contribution in [-0.2, 0) is 0 Å². The number of carbonyl (C=O) groups excluding carboxylic acids is 1. The molecule has 0 aromatic heterocycles. The van der Waals surface area contributed by atoms with Gasteiger partial charge in [0.25, 0.3) is 5.91 Å². The zero-order valence-corrected chi connectivity index (χ0v) is 10.8. The Morgan fingerprint density at radius 3 is 2.76 bits per heavy atom. The Labute approximate surface area is 107 Å². The third-order valence-electron chi connectivity index (χ3n) is 3.08. The van der Waals surface area contributed by atoms with E-state index in [1.807, 2.05) is 0 Å². The molecular weight excluding hydrogens is 289 g/mol. The number of phenolic OH excluding ortho intramolecular Hbond substituents is 1. The van der Waals surface area contributed by atoms with E-state index in [0.717, 1.165) is 24.2 Å². The summed E-state index contributed by atoms with van der Waals surface area (Å²) in [6, 6.07) is 3.82. The number of carbonyl (C=O) groups is 1. The Morgan fingerprint density at radius 1 is 1.53 bits per heavy atom. The van der Waals surface area contributed by atoms with Crippen molar-refractivity contribution in [3.05, 3.63) is 29.6 Å². The number of halogens is 2. The molecule has 0 spiro atoms. The summed E-state index contributed by atoms with van der Waals surface area (Å²) in [5, 5.41) is 12.9. The topological polar surface area (TPSA) is 49.3 Å². The molecule has 1 fully saturated rings. The number of rotatable bonds is 4. The van der Waals surface area contributed by atoms with E-state index in [1.54, 1.807) is 0 Å². The highest BCUT2D eigenvalue weighted by Crippen LogP contribution is 2.46. The van der Waals surface area contributed by atoms with Gasteiger partial charge in [-0.05, 0) is 30.4 Å². The average Bonchev–Trinajstić information content (AvgIpc) is 3.07. The molecule has 0 saturated heterocycles. The highest BCUT2D eigenvalue weighted by atomic mass is 79.9. The number of aromatic hydroxyl groups is 1. The molecule has 0 aliphatic heterocycles. The fourth-order valence-corrected chi connectivity index (χ4v) is 2.39. The second kappa shape index (κ2) is 4.64. The summed E-state index contributed by atoms with van der Waals surface area (Å²) in [5.41, 5.74) is -0.158. The lowest BCUT2D eigenvalue weighted by atomic mass is 10.1. The Bertz CT molecular complexity index is 426. The lowest BCUT2D eigenvalue weighted by Crippen LogP contribution is -2.31.